The topological polar surface area (TPSA) is 158 Å². The molecule has 238 valence electrons. The fourth-order valence-electron chi connectivity index (χ4n) is 6.56. The van der Waals surface area contributed by atoms with E-state index in [1.54, 1.807) is 11.3 Å². The first kappa shape index (κ1) is 32.1. The summed E-state index contributed by atoms with van der Waals surface area (Å²) in [7, 11) is 0. The van der Waals surface area contributed by atoms with Crippen LogP contribution in [0.15, 0.2) is 29.8 Å². The number of benzene rings is 1. The molecule has 1 aliphatic carbocycles. The van der Waals surface area contributed by atoms with Gasteiger partial charge in [0, 0.05) is 19.5 Å². The van der Waals surface area contributed by atoms with Gasteiger partial charge in [-0.25, -0.2) is 4.98 Å². The summed E-state index contributed by atoms with van der Waals surface area (Å²) >= 11 is 1.57. The van der Waals surface area contributed by atoms with Gasteiger partial charge in [0.2, 0.25) is 17.7 Å². The van der Waals surface area contributed by atoms with Crippen molar-refractivity contribution < 1.29 is 34.1 Å². The first-order valence-corrected chi connectivity index (χ1v) is 16.1. The van der Waals surface area contributed by atoms with Gasteiger partial charge in [-0.2, -0.15) is 0 Å². The predicted molar refractivity (Wildman–Crippen MR) is 163 cm³/mol. The zero-order chi connectivity index (χ0) is 31.8. The Kier molecular flexibility index (Phi) is 9.16. The standard InChI is InChI=1S/C32H42N4O7S/c1-18-26(44-17-34-18)20-7-5-19(6-8-20)15-33-28(39)24-11-22(37)16-36(24)29(40)27(31(2,3)4)35-25(38)12-23-9-10-32(43-23)13-21(14-32)30(41)42/h5-8,17,21-24,27,37H,9-16H2,1-4H3,(H,33,39)(H,35,38)(H,41,42)/t21?,22-,23?,24+,27+,32?/m1/s1. The second kappa shape index (κ2) is 12.6. The van der Waals surface area contributed by atoms with Crippen LogP contribution in [-0.2, 0) is 30.5 Å². The maximum atomic E-state index is 13.9. The Hall–Kier alpha value is -3.35. The van der Waals surface area contributed by atoms with Crippen LogP contribution in [0.5, 0.6) is 0 Å². The molecule has 2 aliphatic heterocycles. The largest absolute Gasteiger partial charge is 0.481 e. The molecule has 3 heterocycles. The zero-order valence-corrected chi connectivity index (χ0v) is 26.5. The first-order valence-electron chi connectivity index (χ1n) is 15.2. The van der Waals surface area contributed by atoms with E-state index in [2.05, 4.69) is 15.6 Å². The average molecular weight is 627 g/mol. The molecule has 1 aromatic carbocycles. The lowest BCUT2D eigenvalue weighted by molar-refractivity contribution is -0.166. The molecule has 1 unspecified atom stereocenters. The monoisotopic (exact) mass is 626 g/mol. The summed E-state index contributed by atoms with van der Waals surface area (Å²) < 4.78 is 6.11. The van der Waals surface area contributed by atoms with Crippen LogP contribution in [0.4, 0.5) is 0 Å². The molecule has 1 spiro atoms. The van der Waals surface area contributed by atoms with E-state index in [1.165, 1.54) is 4.90 Å². The lowest BCUT2D eigenvalue weighted by Gasteiger charge is -2.42. The highest BCUT2D eigenvalue weighted by molar-refractivity contribution is 7.13. The van der Waals surface area contributed by atoms with Crippen LogP contribution in [0.25, 0.3) is 10.4 Å². The number of aliphatic hydroxyl groups excluding tert-OH is 1. The number of nitrogens with one attached hydrogen (secondary N) is 2. The SMILES string of the molecule is Cc1ncsc1-c1ccc(CNC(=O)[C@@H]2C[C@@H](O)CN2C(=O)[C@H](NC(=O)CC2CCC3(CC(C(=O)O)C3)O2)C(C)(C)C)cc1. The molecule has 1 aromatic heterocycles. The number of hydrogen-bond donors (Lipinski definition) is 4. The molecule has 4 atom stereocenters. The van der Waals surface area contributed by atoms with Crippen molar-refractivity contribution in [1.82, 2.24) is 20.5 Å². The third kappa shape index (κ3) is 6.97. The number of carboxylic acid groups (broad SMARTS) is 1. The van der Waals surface area contributed by atoms with Gasteiger partial charge >= 0.3 is 5.97 Å². The maximum absolute atomic E-state index is 13.9. The summed E-state index contributed by atoms with van der Waals surface area (Å²) in [5.41, 5.74) is 3.61. The summed E-state index contributed by atoms with van der Waals surface area (Å²) in [5, 5.41) is 25.5. The number of thiazole rings is 1. The summed E-state index contributed by atoms with van der Waals surface area (Å²) in [4.78, 5) is 58.3. The molecule has 11 nitrogen and oxygen atoms in total. The van der Waals surface area contributed by atoms with Crippen molar-refractivity contribution in [2.75, 3.05) is 6.54 Å². The highest BCUT2D eigenvalue weighted by Crippen LogP contribution is 2.49. The van der Waals surface area contributed by atoms with Crippen molar-refractivity contribution in [3.63, 3.8) is 0 Å². The molecule has 3 aliphatic rings. The number of aromatic nitrogens is 1. The van der Waals surface area contributed by atoms with Crippen molar-refractivity contribution in [1.29, 1.82) is 0 Å². The Balaban J connectivity index is 1.18. The normalized spacial score (nSPS) is 27.2. The van der Waals surface area contributed by atoms with Crippen LogP contribution >= 0.6 is 11.3 Å². The molecule has 0 bridgehead atoms. The van der Waals surface area contributed by atoms with Gasteiger partial charge in [0.15, 0.2) is 0 Å². The minimum atomic E-state index is -0.922. The lowest BCUT2D eigenvalue weighted by atomic mass is 9.69. The van der Waals surface area contributed by atoms with Gasteiger partial charge < -0.3 is 30.5 Å². The van der Waals surface area contributed by atoms with Crippen LogP contribution < -0.4 is 10.6 Å². The number of amides is 3. The summed E-state index contributed by atoms with van der Waals surface area (Å²) in [6.07, 6.45) is 1.27. The molecular formula is C32H42N4O7S. The molecule has 3 amide bonds. The fourth-order valence-corrected chi connectivity index (χ4v) is 7.37. The Morgan fingerprint density at radius 3 is 2.50 bits per heavy atom. The summed E-state index contributed by atoms with van der Waals surface area (Å²) in [5.74, 6) is -2.33. The van der Waals surface area contributed by atoms with E-state index in [9.17, 15) is 29.4 Å². The van der Waals surface area contributed by atoms with Crippen molar-refractivity contribution in [3.05, 3.63) is 41.0 Å². The number of likely N-dealkylation sites (tertiary alicyclic amines) is 1. The Morgan fingerprint density at radius 2 is 1.89 bits per heavy atom. The van der Waals surface area contributed by atoms with Gasteiger partial charge in [0.05, 0.1) is 46.2 Å². The molecule has 2 aromatic rings. The predicted octanol–water partition coefficient (Wildman–Crippen LogP) is 3.03. The van der Waals surface area contributed by atoms with E-state index in [4.69, 9.17) is 4.74 Å². The number of rotatable bonds is 9. The van der Waals surface area contributed by atoms with E-state index in [0.29, 0.717) is 19.3 Å². The zero-order valence-electron chi connectivity index (χ0n) is 25.7. The molecule has 44 heavy (non-hydrogen) atoms. The Labute approximate surface area is 261 Å². The number of carbonyl (C=O) groups excluding carboxylic acids is 3. The quantitative estimate of drug-likeness (QED) is 0.331. The average Bonchev–Trinajstić information content (AvgIpc) is 3.67. The Morgan fingerprint density at radius 1 is 1.18 bits per heavy atom. The van der Waals surface area contributed by atoms with Gasteiger partial charge in [0.25, 0.3) is 0 Å². The van der Waals surface area contributed by atoms with E-state index in [-0.39, 0.29) is 43.8 Å². The second-order valence-electron chi connectivity index (χ2n) is 13.6. The number of ether oxygens (including phenoxy) is 1. The number of carbonyl (C=O) groups is 4. The molecule has 3 fully saturated rings. The highest BCUT2D eigenvalue weighted by Gasteiger charge is 2.53. The maximum Gasteiger partial charge on any atom is 0.306 e. The van der Waals surface area contributed by atoms with E-state index in [0.717, 1.165) is 28.1 Å². The van der Waals surface area contributed by atoms with Crippen LogP contribution in [0.2, 0.25) is 0 Å². The number of carboxylic acids is 1. The van der Waals surface area contributed by atoms with Crippen molar-refractivity contribution >= 4 is 35.0 Å². The molecule has 1 saturated carbocycles. The molecule has 12 heteroatoms. The number of aliphatic hydroxyl groups is 1. The molecule has 5 rings (SSSR count). The molecule has 4 N–H and O–H groups in total. The number of hydrogen-bond acceptors (Lipinski definition) is 8. The third-order valence-electron chi connectivity index (χ3n) is 9.05. The summed E-state index contributed by atoms with van der Waals surface area (Å²) in [6, 6.07) is 6.08. The third-order valence-corrected chi connectivity index (χ3v) is 10.0. The van der Waals surface area contributed by atoms with Crippen LogP contribution in [0, 0.1) is 18.3 Å². The van der Waals surface area contributed by atoms with Gasteiger partial charge in [0.1, 0.15) is 12.1 Å². The number of nitrogens with zero attached hydrogens (tertiary/aromatic N) is 2. The van der Waals surface area contributed by atoms with Crippen LogP contribution in [0.1, 0.15) is 70.6 Å². The fraction of sp³-hybridized carbons (Fsp3) is 0.594. The van der Waals surface area contributed by atoms with Crippen molar-refractivity contribution in [2.45, 2.75) is 103 Å². The number of aryl methyl sites for hydroxylation is 1. The minimum Gasteiger partial charge on any atom is -0.481 e. The summed E-state index contributed by atoms with van der Waals surface area (Å²) in [6.45, 7) is 7.76. The molecule has 2 saturated heterocycles. The first-order chi connectivity index (χ1) is 20.7. The van der Waals surface area contributed by atoms with E-state index < -0.39 is 47.0 Å². The second-order valence-corrected chi connectivity index (χ2v) is 14.4. The van der Waals surface area contributed by atoms with Gasteiger partial charge in [-0.15, -0.1) is 11.3 Å². The minimum absolute atomic E-state index is 0.00126. The number of aliphatic carboxylic acids is 1. The lowest BCUT2D eigenvalue weighted by Crippen LogP contribution is -2.58. The van der Waals surface area contributed by atoms with Gasteiger partial charge in [-0.1, -0.05) is 45.0 Å². The van der Waals surface area contributed by atoms with E-state index >= 15 is 0 Å². The van der Waals surface area contributed by atoms with Crippen LogP contribution in [-0.4, -0.2) is 80.2 Å². The van der Waals surface area contributed by atoms with Gasteiger partial charge in [-0.3, -0.25) is 19.2 Å². The number of β-amino-alcohol motifs (C(OH)–C–C–N with tert-alkyl or cyclic N) is 1. The smallest absolute Gasteiger partial charge is 0.306 e. The van der Waals surface area contributed by atoms with Crippen molar-refractivity contribution in [2.24, 2.45) is 11.3 Å². The molecule has 0 radical (unpaired) electrons. The van der Waals surface area contributed by atoms with E-state index in [1.807, 2.05) is 57.5 Å². The van der Waals surface area contributed by atoms with Crippen molar-refractivity contribution in [3.8, 4) is 10.4 Å². The van der Waals surface area contributed by atoms with Gasteiger partial charge in [-0.05, 0) is 49.1 Å². The van der Waals surface area contributed by atoms with Crippen LogP contribution in [0.3, 0.4) is 0 Å². The Bertz CT molecular complexity index is 1400. The molecular weight excluding hydrogens is 584 g/mol. The highest BCUT2D eigenvalue weighted by atomic mass is 32.1.